The molecule has 5 heteroatoms. The lowest BCUT2D eigenvalue weighted by molar-refractivity contribution is -0.142. The van der Waals surface area contributed by atoms with Gasteiger partial charge >= 0.3 is 5.97 Å². The van der Waals surface area contributed by atoms with Crippen molar-refractivity contribution in [3.05, 3.63) is 48.4 Å². The number of allylic oxidation sites excluding steroid dienone is 8. The van der Waals surface area contributed by atoms with Gasteiger partial charge in [-0.3, -0.25) is 4.79 Å². The molecule has 158 valence electrons. The summed E-state index contributed by atoms with van der Waals surface area (Å²) in [6, 6.07) is -2.71. The van der Waals surface area contributed by atoms with Gasteiger partial charge in [-0.2, -0.15) is 0 Å². The summed E-state index contributed by atoms with van der Waals surface area (Å²) in [7, 11) is 0. The standard InChI is InChI=1S/C23H37NO4/c1-2-3-4-5-6-7-8-9-10-11-12-13-14-15-16-17-18-19-22(26)24-21(20-25)23(27)28/h6-7,9-10,12-13,15-16,21,25H,2-5,8,11,14,17-20H2,1H3,(H,24,26)(H,27,28)/b7-6+,10-9-,13-12-,16-15-/t21-/m0/s1/i6D,7D,9D,10D,12D,13D,15D,16D. The molecule has 0 saturated carbocycles. The van der Waals surface area contributed by atoms with E-state index in [9.17, 15) is 9.59 Å². The van der Waals surface area contributed by atoms with Gasteiger partial charge in [-0.25, -0.2) is 4.79 Å². The van der Waals surface area contributed by atoms with Crippen molar-refractivity contribution in [1.29, 1.82) is 0 Å². The van der Waals surface area contributed by atoms with E-state index in [2.05, 4.69) is 5.32 Å². The highest BCUT2D eigenvalue weighted by Gasteiger charge is 2.17. The summed E-state index contributed by atoms with van der Waals surface area (Å²) in [6.45, 7) is 1.28. The largest absolute Gasteiger partial charge is 0.480 e. The number of aliphatic hydroxyl groups is 1. The van der Waals surface area contributed by atoms with Crippen molar-refractivity contribution < 1.29 is 30.8 Å². The number of amides is 1. The number of aliphatic hydroxyl groups excluding tert-OH is 1. The van der Waals surface area contributed by atoms with Crippen molar-refractivity contribution in [2.45, 2.75) is 77.2 Å². The van der Waals surface area contributed by atoms with Crippen molar-refractivity contribution in [1.82, 2.24) is 5.32 Å². The zero-order valence-corrected chi connectivity index (χ0v) is 16.6. The Bertz CT molecular complexity index is 883. The predicted octanol–water partition coefficient (Wildman–Crippen LogP) is 4.69. The molecule has 0 aliphatic rings. The van der Waals surface area contributed by atoms with E-state index in [1.807, 2.05) is 6.92 Å². The lowest BCUT2D eigenvalue weighted by atomic mass is 10.2. The highest BCUT2D eigenvalue weighted by atomic mass is 16.4. The summed E-state index contributed by atoms with van der Waals surface area (Å²) in [5.74, 6) is -1.99. The number of hydrogen-bond donors (Lipinski definition) is 3. The Morgan fingerprint density at radius 3 is 1.86 bits per heavy atom. The molecule has 0 aliphatic carbocycles. The summed E-state index contributed by atoms with van der Waals surface area (Å²) in [5.41, 5.74) is 0. The van der Waals surface area contributed by atoms with Crippen LogP contribution < -0.4 is 5.32 Å². The summed E-state index contributed by atoms with van der Waals surface area (Å²) in [5, 5.41) is 19.8. The lowest BCUT2D eigenvalue weighted by Gasteiger charge is -2.10. The topological polar surface area (TPSA) is 86.6 Å². The molecule has 0 rings (SSSR count). The molecule has 1 atom stereocenters. The predicted molar refractivity (Wildman–Crippen MR) is 115 cm³/mol. The van der Waals surface area contributed by atoms with Gasteiger partial charge in [-0.05, 0) is 44.9 Å². The molecule has 0 aromatic heterocycles. The number of nitrogens with one attached hydrogen (secondary N) is 1. The Morgan fingerprint density at radius 2 is 1.39 bits per heavy atom. The average Bonchev–Trinajstić information content (AvgIpc) is 2.81. The van der Waals surface area contributed by atoms with Crippen LogP contribution in [0.1, 0.15) is 82.1 Å². The Hall–Kier alpha value is -2.14. The van der Waals surface area contributed by atoms with E-state index < -0.39 is 24.5 Å². The smallest absolute Gasteiger partial charge is 0.328 e. The molecular formula is C23H37NO4. The molecule has 5 nitrogen and oxygen atoms in total. The van der Waals surface area contributed by atoms with Gasteiger partial charge in [0.2, 0.25) is 5.91 Å². The number of unbranched alkanes of at least 4 members (excludes halogenated alkanes) is 2. The summed E-state index contributed by atoms with van der Waals surface area (Å²) in [4.78, 5) is 22.5. The van der Waals surface area contributed by atoms with Crippen molar-refractivity contribution in [2.24, 2.45) is 0 Å². The van der Waals surface area contributed by atoms with Gasteiger partial charge in [0.15, 0.2) is 0 Å². The zero-order valence-electron chi connectivity index (χ0n) is 24.6. The highest BCUT2D eigenvalue weighted by molar-refractivity contribution is 5.83. The third-order valence-electron chi connectivity index (χ3n) is 3.46. The molecule has 0 bridgehead atoms. The number of carboxylic acid groups (broad SMARTS) is 1. The van der Waals surface area contributed by atoms with Crippen LogP contribution in [0.4, 0.5) is 0 Å². The Labute approximate surface area is 181 Å². The maximum absolute atomic E-state index is 11.7. The first-order chi connectivity index (χ1) is 16.8. The molecule has 0 heterocycles. The van der Waals surface area contributed by atoms with E-state index in [0.717, 1.165) is 19.3 Å². The summed E-state index contributed by atoms with van der Waals surface area (Å²) >= 11 is 0. The minimum absolute atomic E-state index is 0.0243. The van der Waals surface area contributed by atoms with Gasteiger partial charge < -0.3 is 15.5 Å². The summed E-state index contributed by atoms with van der Waals surface area (Å²) in [6.07, 6.45) is 2.38. The van der Waals surface area contributed by atoms with Gasteiger partial charge in [0.1, 0.15) is 6.04 Å². The average molecular weight is 400 g/mol. The second-order valence-corrected chi connectivity index (χ2v) is 5.90. The fourth-order valence-corrected chi connectivity index (χ4v) is 1.94. The second kappa shape index (κ2) is 19.6. The maximum Gasteiger partial charge on any atom is 0.328 e. The van der Waals surface area contributed by atoms with Gasteiger partial charge in [-0.15, -0.1) is 0 Å². The number of carboxylic acids is 1. The lowest BCUT2D eigenvalue weighted by Crippen LogP contribution is -2.43. The minimum atomic E-state index is -1.41. The molecule has 0 spiro atoms. The van der Waals surface area contributed by atoms with Crippen molar-refractivity contribution in [3.8, 4) is 0 Å². The van der Waals surface area contributed by atoms with Gasteiger partial charge in [0.05, 0.1) is 17.6 Å². The second-order valence-electron chi connectivity index (χ2n) is 5.90. The minimum Gasteiger partial charge on any atom is -0.480 e. The quantitative estimate of drug-likeness (QED) is 0.244. The molecule has 0 radical (unpaired) electrons. The van der Waals surface area contributed by atoms with E-state index in [0.29, 0.717) is 6.42 Å². The molecule has 0 aromatic carbocycles. The zero-order chi connectivity index (χ0) is 27.8. The Morgan fingerprint density at radius 1 is 0.893 bits per heavy atom. The van der Waals surface area contributed by atoms with Gasteiger partial charge in [-0.1, -0.05) is 68.2 Å². The van der Waals surface area contributed by atoms with Crippen LogP contribution in [0.5, 0.6) is 0 Å². The Kier molecular flexibility index (Phi) is 10.4. The van der Waals surface area contributed by atoms with Crippen LogP contribution in [0.25, 0.3) is 0 Å². The first kappa shape index (κ1) is 14.8. The number of carbonyl (C=O) groups excluding carboxylic acids is 1. The van der Waals surface area contributed by atoms with E-state index in [1.54, 1.807) is 0 Å². The molecule has 28 heavy (non-hydrogen) atoms. The normalized spacial score (nSPS) is 20.1. The fraction of sp³-hybridized carbons (Fsp3) is 0.565. The van der Waals surface area contributed by atoms with Gasteiger partial charge in [0, 0.05) is 6.42 Å². The SMILES string of the molecule is [2H]/C(CCCC(=O)N[C@@H](CO)C(=O)O)=C(\[2H])C/C([2H])=C(/[2H])C/C([2H])=C(/[2H])C/C([2H])=C(\[2H])CCCCC. The monoisotopic (exact) mass is 399 g/mol. The van der Waals surface area contributed by atoms with Crippen molar-refractivity contribution in [3.63, 3.8) is 0 Å². The maximum atomic E-state index is 11.7. The first-order valence-corrected chi connectivity index (χ1v) is 9.57. The van der Waals surface area contributed by atoms with E-state index in [-0.39, 0.29) is 86.9 Å². The van der Waals surface area contributed by atoms with Gasteiger partial charge in [0.25, 0.3) is 0 Å². The summed E-state index contributed by atoms with van der Waals surface area (Å²) < 4.78 is 63.7. The van der Waals surface area contributed by atoms with Crippen molar-refractivity contribution in [2.75, 3.05) is 6.61 Å². The molecule has 0 aliphatic heterocycles. The molecule has 0 unspecified atom stereocenters. The molecule has 0 fully saturated rings. The van der Waals surface area contributed by atoms with Crippen LogP contribution in [-0.2, 0) is 9.59 Å². The van der Waals surface area contributed by atoms with E-state index >= 15 is 0 Å². The molecule has 0 saturated heterocycles. The van der Waals surface area contributed by atoms with E-state index in [1.165, 1.54) is 0 Å². The third-order valence-corrected chi connectivity index (χ3v) is 3.46. The molecular weight excluding hydrogens is 354 g/mol. The van der Waals surface area contributed by atoms with Crippen LogP contribution in [0.15, 0.2) is 48.4 Å². The van der Waals surface area contributed by atoms with Crippen LogP contribution in [0.2, 0.25) is 0 Å². The fourth-order valence-electron chi connectivity index (χ4n) is 1.94. The highest BCUT2D eigenvalue weighted by Crippen LogP contribution is 2.01. The number of rotatable bonds is 17. The number of aliphatic carboxylic acids is 1. The third kappa shape index (κ3) is 17.3. The Balaban J connectivity index is 4.95. The molecule has 0 aromatic rings. The first-order valence-electron chi connectivity index (χ1n) is 13.6. The van der Waals surface area contributed by atoms with Crippen LogP contribution in [-0.4, -0.2) is 34.7 Å². The van der Waals surface area contributed by atoms with E-state index in [4.69, 9.17) is 21.2 Å². The molecule has 1 amide bonds. The van der Waals surface area contributed by atoms with Crippen LogP contribution >= 0.6 is 0 Å². The van der Waals surface area contributed by atoms with Crippen molar-refractivity contribution >= 4 is 11.9 Å². The number of carbonyl (C=O) groups is 2. The molecule has 3 N–H and O–H groups in total. The van der Waals surface area contributed by atoms with Crippen LogP contribution in [0, 0.1) is 0 Å². The number of hydrogen-bond acceptors (Lipinski definition) is 3. The van der Waals surface area contributed by atoms with Crippen LogP contribution in [0.3, 0.4) is 0 Å².